The van der Waals surface area contributed by atoms with Gasteiger partial charge in [-0.1, -0.05) is 12.1 Å². The Morgan fingerprint density at radius 3 is 2.68 bits per heavy atom. The molecular weight excluding hydrogens is 335 g/mol. The average Bonchev–Trinajstić information content (AvgIpc) is 3.23. The van der Waals surface area contributed by atoms with Crippen LogP contribution < -0.4 is 5.32 Å². The molecule has 0 bridgehead atoms. The monoisotopic (exact) mass is 349 g/mol. The topological polar surface area (TPSA) is 86.5 Å². The van der Waals surface area contributed by atoms with E-state index in [4.69, 9.17) is 0 Å². The quantitative estimate of drug-likeness (QED) is 0.677. The van der Waals surface area contributed by atoms with E-state index in [2.05, 4.69) is 25.5 Å². The van der Waals surface area contributed by atoms with Gasteiger partial charge in [0.05, 0.1) is 11.1 Å². The SMILES string of the molecule is Cc1[nH]ccc1C(=O)N[C@@H](c1cccc(C(F)(F)F)c1)c1ncn[nH]1. The number of halogens is 3. The highest BCUT2D eigenvalue weighted by Crippen LogP contribution is 2.31. The Kier molecular flexibility index (Phi) is 4.30. The summed E-state index contributed by atoms with van der Waals surface area (Å²) >= 11 is 0. The summed E-state index contributed by atoms with van der Waals surface area (Å²) in [6.07, 6.45) is -1.65. The van der Waals surface area contributed by atoms with Crippen LogP contribution in [-0.2, 0) is 6.18 Å². The van der Waals surface area contributed by atoms with E-state index in [1.54, 1.807) is 19.2 Å². The molecule has 1 amide bonds. The van der Waals surface area contributed by atoms with Gasteiger partial charge in [-0.25, -0.2) is 4.98 Å². The van der Waals surface area contributed by atoms with Crippen molar-refractivity contribution in [3.05, 3.63) is 71.1 Å². The number of hydrogen-bond donors (Lipinski definition) is 3. The number of alkyl halides is 3. The molecule has 6 nitrogen and oxygen atoms in total. The minimum Gasteiger partial charge on any atom is -0.365 e. The molecule has 0 aliphatic heterocycles. The van der Waals surface area contributed by atoms with Crippen molar-refractivity contribution in [2.75, 3.05) is 0 Å². The number of nitrogens with zero attached hydrogens (tertiary/aromatic N) is 2. The molecule has 0 saturated heterocycles. The number of aryl methyl sites for hydroxylation is 1. The molecule has 3 aromatic rings. The van der Waals surface area contributed by atoms with Gasteiger partial charge in [0.25, 0.3) is 5.91 Å². The summed E-state index contributed by atoms with van der Waals surface area (Å²) in [5.41, 5.74) is 0.490. The zero-order valence-electron chi connectivity index (χ0n) is 13.1. The molecule has 130 valence electrons. The van der Waals surface area contributed by atoms with E-state index >= 15 is 0 Å². The summed E-state index contributed by atoms with van der Waals surface area (Å²) < 4.78 is 39.0. The van der Waals surface area contributed by atoms with E-state index in [9.17, 15) is 18.0 Å². The smallest absolute Gasteiger partial charge is 0.365 e. The van der Waals surface area contributed by atoms with Crippen molar-refractivity contribution in [1.29, 1.82) is 0 Å². The van der Waals surface area contributed by atoms with Gasteiger partial charge in [0.15, 0.2) is 5.82 Å². The Morgan fingerprint density at radius 1 is 1.28 bits per heavy atom. The lowest BCUT2D eigenvalue weighted by Gasteiger charge is -2.18. The van der Waals surface area contributed by atoms with Crippen molar-refractivity contribution in [2.45, 2.75) is 19.1 Å². The van der Waals surface area contributed by atoms with Crippen LogP contribution in [0.15, 0.2) is 42.9 Å². The second-order valence-corrected chi connectivity index (χ2v) is 5.42. The highest BCUT2D eigenvalue weighted by molar-refractivity contribution is 5.95. The predicted octanol–water partition coefficient (Wildman–Crippen LogP) is 2.98. The maximum atomic E-state index is 13.0. The second kappa shape index (κ2) is 6.42. The van der Waals surface area contributed by atoms with E-state index in [-0.39, 0.29) is 11.4 Å². The fraction of sp³-hybridized carbons (Fsp3) is 0.188. The fourth-order valence-corrected chi connectivity index (χ4v) is 2.47. The number of benzene rings is 1. The highest BCUT2D eigenvalue weighted by atomic mass is 19.4. The van der Waals surface area contributed by atoms with Crippen molar-refractivity contribution in [3.8, 4) is 0 Å². The molecule has 0 fully saturated rings. The molecule has 3 rings (SSSR count). The number of hydrogen-bond acceptors (Lipinski definition) is 3. The lowest BCUT2D eigenvalue weighted by molar-refractivity contribution is -0.137. The van der Waals surface area contributed by atoms with Crippen LogP contribution in [-0.4, -0.2) is 26.1 Å². The number of nitrogens with one attached hydrogen (secondary N) is 3. The fourth-order valence-electron chi connectivity index (χ4n) is 2.47. The molecule has 0 unspecified atom stereocenters. The number of rotatable bonds is 4. The lowest BCUT2D eigenvalue weighted by Crippen LogP contribution is -2.30. The Morgan fingerprint density at radius 2 is 2.08 bits per heavy atom. The molecule has 3 N–H and O–H groups in total. The normalized spacial score (nSPS) is 12.8. The second-order valence-electron chi connectivity index (χ2n) is 5.42. The summed E-state index contributed by atoms with van der Waals surface area (Å²) in [6.45, 7) is 1.72. The van der Waals surface area contributed by atoms with E-state index in [1.165, 1.54) is 18.5 Å². The van der Waals surface area contributed by atoms with Gasteiger partial charge < -0.3 is 10.3 Å². The standard InChI is InChI=1S/C16H14F3N5O/c1-9-12(5-6-20-9)15(25)23-13(14-21-8-22-24-14)10-3-2-4-11(7-10)16(17,18)19/h2-8,13,20H,1H3,(H,23,25)(H,21,22,24)/t13-/m0/s1. The minimum absolute atomic E-state index is 0.237. The van der Waals surface area contributed by atoms with Gasteiger partial charge in [-0.2, -0.15) is 18.3 Å². The van der Waals surface area contributed by atoms with E-state index in [1.807, 2.05) is 0 Å². The van der Waals surface area contributed by atoms with Crippen LogP contribution in [0.4, 0.5) is 13.2 Å². The van der Waals surface area contributed by atoms with Crippen LogP contribution in [0.3, 0.4) is 0 Å². The first-order chi connectivity index (χ1) is 11.9. The molecule has 2 heterocycles. The summed E-state index contributed by atoms with van der Waals surface area (Å²) in [6, 6.07) is 5.43. The summed E-state index contributed by atoms with van der Waals surface area (Å²) in [7, 11) is 0. The molecule has 0 radical (unpaired) electrons. The number of aromatic nitrogens is 4. The first-order valence-corrected chi connectivity index (χ1v) is 7.33. The van der Waals surface area contributed by atoms with Crippen LogP contribution in [0, 0.1) is 6.92 Å². The summed E-state index contributed by atoms with van der Waals surface area (Å²) in [5.74, 6) is -0.196. The van der Waals surface area contributed by atoms with E-state index in [0.29, 0.717) is 11.3 Å². The first-order valence-electron chi connectivity index (χ1n) is 7.33. The van der Waals surface area contributed by atoms with Gasteiger partial charge in [0, 0.05) is 11.9 Å². The van der Waals surface area contributed by atoms with Gasteiger partial charge in [-0.15, -0.1) is 0 Å². The maximum Gasteiger partial charge on any atom is 0.416 e. The minimum atomic E-state index is -4.48. The Hall–Kier alpha value is -3.10. The van der Waals surface area contributed by atoms with Crippen molar-refractivity contribution >= 4 is 5.91 Å². The third kappa shape index (κ3) is 3.54. The van der Waals surface area contributed by atoms with Crippen molar-refractivity contribution in [2.24, 2.45) is 0 Å². The third-order valence-corrected chi connectivity index (χ3v) is 3.73. The summed E-state index contributed by atoms with van der Waals surface area (Å²) in [4.78, 5) is 19.3. The Bertz CT molecular complexity index is 870. The molecule has 2 aromatic heterocycles. The van der Waals surface area contributed by atoms with Crippen LogP contribution >= 0.6 is 0 Å². The van der Waals surface area contributed by atoms with Crippen LogP contribution in [0.1, 0.15) is 39.0 Å². The van der Waals surface area contributed by atoms with Crippen LogP contribution in [0.5, 0.6) is 0 Å². The van der Waals surface area contributed by atoms with Gasteiger partial charge in [-0.05, 0) is 30.7 Å². The van der Waals surface area contributed by atoms with E-state index in [0.717, 1.165) is 12.1 Å². The Balaban J connectivity index is 1.97. The first kappa shape index (κ1) is 16.7. The largest absolute Gasteiger partial charge is 0.416 e. The van der Waals surface area contributed by atoms with Crippen molar-refractivity contribution < 1.29 is 18.0 Å². The van der Waals surface area contributed by atoms with Gasteiger partial charge in [0.2, 0.25) is 0 Å². The number of aromatic amines is 2. The van der Waals surface area contributed by atoms with E-state index < -0.39 is 23.7 Å². The summed E-state index contributed by atoms with van der Waals surface area (Å²) in [5, 5.41) is 9.00. The van der Waals surface area contributed by atoms with Gasteiger partial charge in [-0.3, -0.25) is 9.89 Å². The third-order valence-electron chi connectivity index (χ3n) is 3.73. The van der Waals surface area contributed by atoms with Crippen LogP contribution in [0.25, 0.3) is 0 Å². The predicted molar refractivity (Wildman–Crippen MR) is 82.7 cm³/mol. The average molecular weight is 349 g/mol. The molecule has 1 aromatic carbocycles. The van der Waals surface area contributed by atoms with Gasteiger partial charge >= 0.3 is 6.18 Å². The lowest BCUT2D eigenvalue weighted by atomic mass is 10.0. The maximum absolute atomic E-state index is 13.0. The number of H-pyrrole nitrogens is 2. The molecule has 25 heavy (non-hydrogen) atoms. The molecule has 1 atom stereocenters. The number of carbonyl (C=O) groups is 1. The van der Waals surface area contributed by atoms with Crippen molar-refractivity contribution in [3.63, 3.8) is 0 Å². The zero-order valence-corrected chi connectivity index (χ0v) is 13.1. The number of carbonyl (C=O) groups excluding carboxylic acids is 1. The highest BCUT2D eigenvalue weighted by Gasteiger charge is 2.32. The van der Waals surface area contributed by atoms with Crippen molar-refractivity contribution in [1.82, 2.24) is 25.5 Å². The zero-order chi connectivity index (χ0) is 18.0. The van der Waals surface area contributed by atoms with Crippen LogP contribution in [0.2, 0.25) is 0 Å². The Labute approximate surface area is 140 Å². The number of amides is 1. The molecular formula is C16H14F3N5O. The van der Waals surface area contributed by atoms with Gasteiger partial charge in [0.1, 0.15) is 12.4 Å². The molecule has 0 saturated carbocycles. The molecule has 0 aliphatic rings. The molecule has 9 heteroatoms. The molecule has 0 aliphatic carbocycles. The molecule has 0 spiro atoms.